The van der Waals surface area contributed by atoms with Gasteiger partial charge in [0.15, 0.2) is 0 Å². The average molecular weight is 547 g/mol. The minimum absolute atomic E-state index is 0.131. The van der Waals surface area contributed by atoms with Crippen LogP contribution in [0.2, 0.25) is 0 Å². The number of hydrogen-bond acceptors (Lipinski definition) is 7. The largest absolute Gasteiger partial charge is 0.349 e. The summed E-state index contributed by atoms with van der Waals surface area (Å²) in [7, 11) is 0. The van der Waals surface area contributed by atoms with Crippen LogP contribution in [-0.2, 0) is 14.3 Å². The van der Waals surface area contributed by atoms with Crippen molar-refractivity contribution >= 4 is 50.7 Å². The van der Waals surface area contributed by atoms with E-state index in [9.17, 15) is 29.3 Å². The van der Waals surface area contributed by atoms with E-state index in [1.54, 1.807) is 36.4 Å². The maximum absolute atomic E-state index is 13.8. The lowest BCUT2D eigenvalue weighted by molar-refractivity contribution is -0.384. The summed E-state index contributed by atoms with van der Waals surface area (Å²) >= 11 is 3.34. The summed E-state index contributed by atoms with van der Waals surface area (Å²) < 4.78 is 6.81. The number of nitrogens with zero attached hydrogens (tertiary/aromatic N) is 2. The van der Waals surface area contributed by atoms with E-state index in [0.29, 0.717) is 15.7 Å². The fourth-order valence-electron chi connectivity index (χ4n) is 5.47. The molecule has 0 radical (unpaired) electrons. The molecule has 0 N–H and O–H groups in total. The summed E-state index contributed by atoms with van der Waals surface area (Å²) in [5, 5.41) is 11.1. The first-order valence-electron chi connectivity index (χ1n) is 11.0. The molecule has 2 saturated heterocycles. The molecule has 1 aliphatic carbocycles. The summed E-state index contributed by atoms with van der Waals surface area (Å²) in [5.74, 6) is -5.22. The number of imide groups is 1. The first-order chi connectivity index (χ1) is 17.3. The number of carbonyl (C=O) groups excluding carboxylic acids is 4. The Labute approximate surface area is 211 Å². The SMILES string of the molecule is O=C1C2C(c3ccc([N+](=O)[O-])cc3)OC3(C(=O)c4ccccc4C3=O)C2C(=O)N1c1cccc(Br)c1. The third kappa shape index (κ3) is 2.85. The molecule has 0 saturated carbocycles. The lowest BCUT2D eigenvalue weighted by Crippen LogP contribution is -2.51. The van der Waals surface area contributed by atoms with E-state index >= 15 is 0 Å². The number of hydrogen-bond donors (Lipinski definition) is 0. The molecule has 36 heavy (non-hydrogen) atoms. The number of ether oxygens (including phenoxy) is 1. The molecular formula is C26H15BrN2O7. The van der Waals surface area contributed by atoms with Crippen LogP contribution in [0.4, 0.5) is 11.4 Å². The van der Waals surface area contributed by atoms with Gasteiger partial charge in [-0.25, -0.2) is 4.90 Å². The zero-order valence-corrected chi connectivity index (χ0v) is 19.9. The number of carbonyl (C=O) groups is 4. The molecule has 1 spiro atoms. The molecule has 2 aliphatic heterocycles. The van der Waals surface area contributed by atoms with Gasteiger partial charge >= 0.3 is 0 Å². The van der Waals surface area contributed by atoms with Gasteiger partial charge in [0, 0.05) is 27.7 Å². The zero-order valence-electron chi connectivity index (χ0n) is 18.3. The van der Waals surface area contributed by atoms with Gasteiger partial charge in [-0.15, -0.1) is 0 Å². The van der Waals surface area contributed by atoms with Crippen molar-refractivity contribution in [3.63, 3.8) is 0 Å². The molecule has 2 heterocycles. The Morgan fingerprint density at radius 1 is 0.861 bits per heavy atom. The van der Waals surface area contributed by atoms with Gasteiger partial charge in [-0.05, 0) is 35.9 Å². The molecular weight excluding hydrogens is 532 g/mol. The Hall–Kier alpha value is -4.02. The molecule has 6 rings (SSSR count). The maximum atomic E-state index is 13.8. The molecule has 178 valence electrons. The van der Waals surface area contributed by atoms with Crippen LogP contribution in [0.15, 0.2) is 77.3 Å². The molecule has 0 bridgehead atoms. The minimum Gasteiger partial charge on any atom is -0.349 e. The lowest BCUT2D eigenvalue weighted by Gasteiger charge is -2.27. The van der Waals surface area contributed by atoms with Crippen LogP contribution in [0.3, 0.4) is 0 Å². The number of nitro benzene ring substituents is 1. The van der Waals surface area contributed by atoms with Gasteiger partial charge in [0.2, 0.25) is 29.0 Å². The van der Waals surface area contributed by atoms with Gasteiger partial charge in [-0.1, -0.05) is 46.3 Å². The third-order valence-electron chi connectivity index (χ3n) is 7.02. The average Bonchev–Trinajstić information content (AvgIpc) is 3.44. The van der Waals surface area contributed by atoms with Crippen LogP contribution in [-0.4, -0.2) is 33.9 Å². The topological polar surface area (TPSA) is 124 Å². The van der Waals surface area contributed by atoms with E-state index < -0.39 is 51.8 Å². The van der Waals surface area contributed by atoms with E-state index in [4.69, 9.17) is 4.74 Å². The molecule has 3 aromatic carbocycles. The van der Waals surface area contributed by atoms with Crippen molar-refractivity contribution in [1.29, 1.82) is 0 Å². The molecule has 0 aromatic heterocycles. The normalized spacial score (nSPS) is 23.9. The highest BCUT2D eigenvalue weighted by Crippen LogP contribution is 2.57. The van der Waals surface area contributed by atoms with Crippen LogP contribution in [0.5, 0.6) is 0 Å². The number of ketones is 2. The number of halogens is 1. The van der Waals surface area contributed by atoms with Crippen molar-refractivity contribution in [2.24, 2.45) is 11.8 Å². The van der Waals surface area contributed by atoms with E-state index in [0.717, 1.165) is 4.90 Å². The quantitative estimate of drug-likeness (QED) is 0.210. The predicted molar refractivity (Wildman–Crippen MR) is 128 cm³/mol. The van der Waals surface area contributed by atoms with Gasteiger partial charge in [-0.2, -0.15) is 0 Å². The van der Waals surface area contributed by atoms with Crippen LogP contribution in [0.25, 0.3) is 0 Å². The van der Waals surface area contributed by atoms with Gasteiger partial charge in [-0.3, -0.25) is 29.3 Å². The smallest absolute Gasteiger partial charge is 0.269 e. The summed E-state index contributed by atoms with van der Waals surface area (Å²) in [5.41, 5.74) is -1.47. The molecule has 9 nitrogen and oxygen atoms in total. The van der Waals surface area contributed by atoms with E-state index in [2.05, 4.69) is 15.9 Å². The first-order valence-corrected chi connectivity index (χ1v) is 11.8. The van der Waals surface area contributed by atoms with Gasteiger partial charge in [0.05, 0.1) is 28.6 Å². The van der Waals surface area contributed by atoms with Crippen molar-refractivity contribution in [2.75, 3.05) is 4.90 Å². The molecule has 3 aromatic rings. The molecule has 3 unspecified atom stereocenters. The Bertz CT molecular complexity index is 1480. The molecule has 2 amide bonds. The molecule has 10 heteroatoms. The van der Waals surface area contributed by atoms with E-state index in [-0.39, 0.29) is 16.8 Å². The van der Waals surface area contributed by atoms with E-state index in [1.807, 2.05) is 0 Å². The van der Waals surface area contributed by atoms with Crippen molar-refractivity contribution < 1.29 is 28.8 Å². The first kappa shape index (κ1) is 22.4. The van der Waals surface area contributed by atoms with Gasteiger partial charge in [0.1, 0.15) is 0 Å². The minimum atomic E-state index is -2.20. The number of amides is 2. The van der Waals surface area contributed by atoms with Crippen LogP contribution in [0, 0.1) is 22.0 Å². The molecule has 3 aliphatic rings. The van der Waals surface area contributed by atoms with Crippen molar-refractivity contribution in [3.8, 4) is 0 Å². The Balaban J connectivity index is 1.53. The predicted octanol–water partition coefficient (Wildman–Crippen LogP) is 4.05. The Morgan fingerprint density at radius 3 is 2.08 bits per heavy atom. The number of benzene rings is 3. The highest BCUT2D eigenvalue weighted by Gasteiger charge is 2.74. The second kappa shape index (κ2) is 7.74. The van der Waals surface area contributed by atoms with Crippen LogP contribution < -0.4 is 4.90 Å². The highest BCUT2D eigenvalue weighted by molar-refractivity contribution is 9.10. The number of fused-ring (bicyclic) bond motifs is 3. The standard InChI is InChI=1S/C26H15BrN2O7/c27-14-4-3-5-16(12-14)28-24(32)19-20(25(28)33)26(22(30)17-6-1-2-7-18(17)23(26)31)36-21(19)13-8-10-15(11-9-13)29(34)35/h1-12,19-21H. The number of Topliss-reactive ketones (excluding diaryl/α,β-unsaturated/α-hetero) is 2. The van der Waals surface area contributed by atoms with Crippen molar-refractivity contribution in [3.05, 3.63) is 104 Å². The van der Waals surface area contributed by atoms with E-state index in [1.165, 1.54) is 36.4 Å². The van der Waals surface area contributed by atoms with Crippen molar-refractivity contribution in [2.45, 2.75) is 11.7 Å². The molecule has 3 atom stereocenters. The fourth-order valence-corrected chi connectivity index (χ4v) is 5.86. The Kier molecular flexibility index (Phi) is 4.83. The lowest BCUT2D eigenvalue weighted by atomic mass is 9.77. The second-order valence-corrected chi connectivity index (χ2v) is 9.74. The summed E-state index contributed by atoms with van der Waals surface area (Å²) in [6.07, 6.45) is -1.15. The van der Waals surface area contributed by atoms with Crippen LogP contribution >= 0.6 is 15.9 Å². The molecule has 2 fully saturated rings. The zero-order chi connectivity index (χ0) is 25.4. The van der Waals surface area contributed by atoms with Crippen LogP contribution in [0.1, 0.15) is 32.4 Å². The third-order valence-corrected chi connectivity index (χ3v) is 7.51. The highest BCUT2D eigenvalue weighted by atomic mass is 79.9. The fraction of sp³-hybridized carbons (Fsp3) is 0.154. The number of anilines is 1. The van der Waals surface area contributed by atoms with Gasteiger partial charge < -0.3 is 4.74 Å². The monoisotopic (exact) mass is 546 g/mol. The maximum Gasteiger partial charge on any atom is 0.269 e. The second-order valence-electron chi connectivity index (χ2n) is 8.82. The summed E-state index contributed by atoms with van der Waals surface area (Å²) in [6.45, 7) is 0. The van der Waals surface area contributed by atoms with Gasteiger partial charge in [0.25, 0.3) is 5.69 Å². The van der Waals surface area contributed by atoms with Crippen molar-refractivity contribution in [1.82, 2.24) is 0 Å². The summed E-state index contributed by atoms with van der Waals surface area (Å²) in [6, 6.07) is 18.1. The summed E-state index contributed by atoms with van der Waals surface area (Å²) in [4.78, 5) is 66.6. The Morgan fingerprint density at radius 2 is 1.50 bits per heavy atom. The number of nitro groups is 1. The number of non-ortho nitro benzene ring substituents is 1. The number of rotatable bonds is 3.